The minimum Gasteiger partial charge on any atom is -0.493 e. The first-order valence-electron chi connectivity index (χ1n) is 10.4. The monoisotopic (exact) mass is 396 g/mol. The number of hydrogen-bond acceptors (Lipinski definition) is 4. The maximum atomic E-state index is 12.5. The zero-order valence-electron chi connectivity index (χ0n) is 17.7. The van der Waals surface area contributed by atoms with Crippen LogP contribution in [-0.2, 0) is 24.3 Å². The molecule has 1 amide bonds. The van der Waals surface area contributed by atoms with Gasteiger partial charge in [-0.05, 0) is 55.1 Å². The van der Waals surface area contributed by atoms with Crippen LogP contribution in [0.2, 0.25) is 0 Å². The SMILES string of the molecule is COc1ccc(CC(=O)NCc2ccccc2CN2CCCCC2C)cc1OC. The standard InChI is InChI=1S/C24H32N2O3/c1-18-8-6-7-13-26(18)17-21-10-5-4-9-20(21)16-25-24(27)15-19-11-12-22(28-2)23(14-19)29-3/h4-5,9-12,14,18H,6-8,13,15-17H2,1-3H3,(H,25,27). The lowest BCUT2D eigenvalue weighted by atomic mass is 10.0. The van der Waals surface area contributed by atoms with Crippen molar-refractivity contribution in [3.63, 3.8) is 0 Å². The molecule has 5 heteroatoms. The van der Waals surface area contributed by atoms with Crippen molar-refractivity contribution in [1.82, 2.24) is 10.2 Å². The highest BCUT2D eigenvalue weighted by atomic mass is 16.5. The van der Waals surface area contributed by atoms with Gasteiger partial charge in [-0.1, -0.05) is 36.8 Å². The van der Waals surface area contributed by atoms with Crippen molar-refractivity contribution < 1.29 is 14.3 Å². The molecule has 0 saturated carbocycles. The zero-order chi connectivity index (χ0) is 20.6. The highest BCUT2D eigenvalue weighted by Gasteiger charge is 2.19. The molecule has 1 saturated heterocycles. The third kappa shape index (κ3) is 5.73. The average Bonchev–Trinajstić information content (AvgIpc) is 2.74. The summed E-state index contributed by atoms with van der Waals surface area (Å²) in [6, 6.07) is 14.6. The second-order valence-corrected chi connectivity index (χ2v) is 7.73. The Hall–Kier alpha value is -2.53. The van der Waals surface area contributed by atoms with E-state index in [1.54, 1.807) is 14.2 Å². The molecule has 29 heavy (non-hydrogen) atoms. The first-order chi connectivity index (χ1) is 14.1. The molecule has 1 atom stereocenters. The molecule has 2 aromatic carbocycles. The number of nitrogens with zero attached hydrogens (tertiary/aromatic N) is 1. The number of piperidine rings is 1. The molecule has 156 valence electrons. The van der Waals surface area contributed by atoms with E-state index in [0.29, 0.717) is 30.5 Å². The van der Waals surface area contributed by atoms with E-state index in [2.05, 4.69) is 35.3 Å². The molecule has 0 spiro atoms. The Balaban J connectivity index is 1.59. The van der Waals surface area contributed by atoms with Crippen LogP contribution in [0.5, 0.6) is 11.5 Å². The van der Waals surface area contributed by atoms with Crippen molar-refractivity contribution in [2.45, 2.75) is 51.7 Å². The lowest BCUT2D eigenvalue weighted by Gasteiger charge is -2.33. The lowest BCUT2D eigenvalue weighted by molar-refractivity contribution is -0.120. The summed E-state index contributed by atoms with van der Waals surface area (Å²) in [5.74, 6) is 1.30. The van der Waals surface area contributed by atoms with Gasteiger partial charge in [-0.2, -0.15) is 0 Å². The van der Waals surface area contributed by atoms with E-state index < -0.39 is 0 Å². The smallest absolute Gasteiger partial charge is 0.224 e. The predicted molar refractivity (Wildman–Crippen MR) is 115 cm³/mol. The fourth-order valence-electron chi connectivity index (χ4n) is 3.93. The number of nitrogens with one attached hydrogen (secondary N) is 1. The van der Waals surface area contributed by atoms with Crippen molar-refractivity contribution in [2.24, 2.45) is 0 Å². The number of ether oxygens (including phenoxy) is 2. The van der Waals surface area contributed by atoms with Crippen molar-refractivity contribution in [1.29, 1.82) is 0 Å². The van der Waals surface area contributed by atoms with Gasteiger partial charge in [0.1, 0.15) is 0 Å². The third-order valence-electron chi connectivity index (χ3n) is 5.72. The van der Waals surface area contributed by atoms with Crippen LogP contribution < -0.4 is 14.8 Å². The Kier molecular flexibility index (Phi) is 7.53. The van der Waals surface area contributed by atoms with Crippen molar-refractivity contribution in [3.05, 3.63) is 59.2 Å². The topological polar surface area (TPSA) is 50.8 Å². The number of hydrogen-bond donors (Lipinski definition) is 1. The van der Waals surface area contributed by atoms with Gasteiger partial charge in [-0.3, -0.25) is 9.69 Å². The van der Waals surface area contributed by atoms with Gasteiger partial charge in [-0.25, -0.2) is 0 Å². The van der Waals surface area contributed by atoms with Crippen LogP contribution in [0.1, 0.15) is 42.9 Å². The van der Waals surface area contributed by atoms with E-state index in [-0.39, 0.29) is 5.91 Å². The molecule has 0 aliphatic carbocycles. The largest absolute Gasteiger partial charge is 0.493 e. The van der Waals surface area contributed by atoms with E-state index >= 15 is 0 Å². The van der Waals surface area contributed by atoms with E-state index in [1.807, 2.05) is 24.3 Å². The summed E-state index contributed by atoms with van der Waals surface area (Å²) in [5.41, 5.74) is 3.38. The van der Waals surface area contributed by atoms with Crippen LogP contribution >= 0.6 is 0 Å². The summed E-state index contributed by atoms with van der Waals surface area (Å²) in [5, 5.41) is 3.07. The van der Waals surface area contributed by atoms with Crippen molar-refractivity contribution in [3.8, 4) is 11.5 Å². The maximum Gasteiger partial charge on any atom is 0.224 e. The van der Waals surface area contributed by atoms with Gasteiger partial charge >= 0.3 is 0 Å². The second kappa shape index (κ2) is 10.3. The molecule has 1 aliphatic rings. The Bertz CT molecular complexity index is 822. The molecule has 5 nitrogen and oxygen atoms in total. The van der Waals surface area contributed by atoms with Gasteiger partial charge in [-0.15, -0.1) is 0 Å². The fraction of sp³-hybridized carbons (Fsp3) is 0.458. The summed E-state index contributed by atoms with van der Waals surface area (Å²) in [6.45, 7) is 4.96. The summed E-state index contributed by atoms with van der Waals surface area (Å²) in [6.07, 6.45) is 4.18. The van der Waals surface area contributed by atoms with Gasteiger partial charge in [0.2, 0.25) is 5.91 Å². The van der Waals surface area contributed by atoms with E-state index in [4.69, 9.17) is 9.47 Å². The number of rotatable bonds is 8. The van der Waals surface area contributed by atoms with Crippen LogP contribution in [0.3, 0.4) is 0 Å². The maximum absolute atomic E-state index is 12.5. The predicted octanol–water partition coefficient (Wildman–Crippen LogP) is 3.94. The molecule has 0 aromatic heterocycles. The summed E-state index contributed by atoms with van der Waals surface area (Å²) < 4.78 is 10.6. The molecule has 1 heterocycles. The number of methoxy groups -OCH3 is 2. The Morgan fingerprint density at radius 2 is 1.83 bits per heavy atom. The van der Waals surface area contributed by atoms with E-state index in [1.165, 1.54) is 30.4 Å². The number of likely N-dealkylation sites (tertiary alicyclic amines) is 1. The number of carbonyl (C=O) groups is 1. The minimum absolute atomic E-state index is 0.00152. The first kappa shape index (κ1) is 21.2. The molecule has 1 aliphatic heterocycles. The second-order valence-electron chi connectivity index (χ2n) is 7.73. The Morgan fingerprint density at radius 3 is 2.55 bits per heavy atom. The molecule has 1 N–H and O–H groups in total. The number of amides is 1. The zero-order valence-corrected chi connectivity index (χ0v) is 17.7. The van der Waals surface area contributed by atoms with Gasteiger partial charge in [0, 0.05) is 19.1 Å². The Morgan fingerprint density at radius 1 is 1.07 bits per heavy atom. The highest BCUT2D eigenvalue weighted by Crippen LogP contribution is 2.27. The summed E-state index contributed by atoms with van der Waals surface area (Å²) >= 11 is 0. The average molecular weight is 397 g/mol. The fourth-order valence-corrected chi connectivity index (χ4v) is 3.93. The summed E-state index contributed by atoms with van der Waals surface area (Å²) in [4.78, 5) is 15.0. The lowest BCUT2D eigenvalue weighted by Crippen LogP contribution is -2.37. The van der Waals surface area contributed by atoms with Crippen LogP contribution in [0.25, 0.3) is 0 Å². The Labute approximate surface area is 174 Å². The van der Waals surface area contributed by atoms with E-state index in [0.717, 1.165) is 18.7 Å². The van der Waals surface area contributed by atoms with E-state index in [9.17, 15) is 4.79 Å². The normalized spacial score (nSPS) is 17.0. The minimum atomic E-state index is -0.00152. The van der Waals surface area contributed by atoms with Crippen LogP contribution in [0, 0.1) is 0 Å². The molecular formula is C24H32N2O3. The summed E-state index contributed by atoms with van der Waals surface area (Å²) in [7, 11) is 3.20. The number of benzene rings is 2. The third-order valence-corrected chi connectivity index (χ3v) is 5.72. The van der Waals surface area contributed by atoms with Crippen molar-refractivity contribution >= 4 is 5.91 Å². The molecule has 0 radical (unpaired) electrons. The molecule has 0 bridgehead atoms. The molecule has 1 unspecified atom stereocenters. The van der Waals surface area contributed by atoms with Gasteiger partial charge in [0.05, 0.1) is 20.6 Å². The molecule has 3 rings (SSSR count). The number of carbonyl (C=O) groups excluding carboxylic acids is 1. The first-order valence-corrected chi connectivity index (χ1v) is 10.4. The van der Waals surface area contributed by atoms with Gasteiger partial charge < -0.3 is 14.8 Å². The van der Waals surface area contributed by atoms with Crippen molar-refractivity contribution in [2.75, 3.05) is 20.8 Å². The van der Waals surface area contributed by atoms with Gasteiger partial charge in [0.15, 0.2) is 11.5 Å². The molecular weight excluding hydrogens is 364 g/mol. The van der Waals surface area contributed by atoms with Gasteiger partial charge in [0.25, 0.3) is 0 Å². The van der Waals surface area contributed by atoms with Crippen LogP contribution in [-0.4, -0.2) is 37.6 Å². The van der Waals surface area contributed by atoms with Crippen LogP contribution in [0.15, 0.2) is 42.5 Å². The molecule has 1 fully saturated rings. The molecule has 2 aromatic rings. The quantitative estimate of drug-likeness (QED) is 0.734. The highest BCUT2D eigenvalue weighted by molar-refractivity contribution is 5.78. The van der Waals surface area contributed by atoms with Crippen LogP contribution in [0.4, 0.5) is 0 Å².